The maximum Gasteiger partial charge on any atom is 0.263 e. The largest absolute Gasteiger partial charge is 0.331 e. The highest BCUT2D eigenvalue weighted by molar-refractivity contribution is 7.92. The summed E-state index contributed by atoms with van der Waals surface area (Å²) in [5.41, 5.74) is 2.06. The molecule has 0 aliphatic heterocycles. The molecule has 23 heavy (non-hydrogen) atoms. The molecule has 2 aromatic carbocycles. The number of fused-ring (bicyclic) bond motifs is 1. The summed E-state index contributed by atoms with van der Waals surface area (Å²) in [7, 11) is -1.90. The van der Waals surface area contributed by atoms with E-state index in [1.54, 1.807) is 12.1 Å². The molecule has 0 aliphatic carbocycles. The Balaban J connectivity index is 2.00. The molecule has 1 heterocycles. The predicted octanol–water partition coefficient (Wildman–Crippen LogP) is 3.99. The number of imidazole rings is 1. The molecular weight excluding hydrogens is 357 g/mol. The first-order valence-electron chi connectivity index (χ1n) is 6.69. The highest BCUT2D eigenvalue weighted by Gasteiger charge is 2.18. The molecule has 0 saturated heterocycles. The zero-order valence-corrected chi connectivity index (χ0v) is 14.7. The Kier molecular flexibility index (Phi) is 4.00. The van der Waals surface area contributed by atoms with E-state index >= 15 is 0 Å². The monoisotopic (exact) mass is 369 g/mol. The van der Waals surface area contributed by atoms with Crippen molar-refractivity contribution in [3.8, 4) is 0 Å². The molecule has 0 saturated carbocycles. The van der Waals surface area contributed by atoms with Gasteiger partial charge in [-0.15, -0.1) is 0 Å². The van der Waals surface area contributed by atoms with E-state index in [-0.39, 0.29) is 9.92 Å². The minimum absolute atomic E-state index is 0.0270. The second kappa shape index (κ2) is 5.70. The molecule has 1 N–H and O–H groups in total. The van der Waals surface area contributed by atoms with Gasteiger partial charge in [-0.1, -0.05) is 23.2 Å². The van der Waals surface area contributed by atoms with Crippen molar-refractivity contribution in [2.75, 3.05) is 4.72 Å². The van der Waals surface area contributed by atoms with Crippen LogP contribution in [0.5, 0.6) is 0 Å². The van der Waals surface area contributed by atoms with Crippen LogP contribution in [0.2, 0.25) is 10.0 Å². The van der Waals surface area contributed by atoms with Crippen LogP contribution in [0.4, 0.5) is 5.69 Å². The smallest absolute Gasteiger partial charge is 0.263 e. The number of aromatic nitrogens is 2. The lowest BCUT2D eigenvalue weighted by molar-refractivity contribution is 0.601. The van der Waals surface area contributed by atoms with E-state index in [1.165, 1.54) is 18.2 Å². The minimum atomic E-state index is -3.81. The van der Waals surface area contributed by atoms with Gasteiger partial charge >= 0.3 is 0 Å². The summed E-state index contributed by atoms with van der Waals surface area (Å²) < 4.78 is 29.4. The lowest BCUT2D eigenvalue weighted by Crippen LogP contribution is -2.13. The Hall–Kier alpha value is -1.76. The first-order chi connectivity index (χ1) is 10.8. The number of hydrogen-bond donors (Lipinski definition) is 1. The summed E-state index contributed by atoms with van der Waals surface area (Å²) in [4.78, 5) is 4.36. The minimum Gasteiger partial charge on any atom is -0.331 e. The Morgan fingerprint density at radius 3 is 2.57 bits per heavy atom. The molecule has 0 fully saturated rings. The van der Waals surface area contributed by atoms with Crippen molar-refractivity contribution in [1.82, 2.24) is 9.55 Å². The number of anilines is 1. The average molecular weight is 370 g/mol. The van der Waals surface area contributed by atoms with Crippen LogP contribution >= 0.6 is 23.2 Å². The average Bonchev–Trinajstić information content (AvgIpc) is 2.72. The molecule has 3 rings (SSSR count). The summed E-state index contributed by atoms with van der Waals surface area (Å²) in [6.45, 7) is 1.89. The van der Waals surface area contributed by atoms with Gasteiger partial charge in [-0.05, 0) is 43.3 Å². The molecule has 0 atom stereocenters. The van der Waals surface area contributed by atoms with Crippen LogP contribution in [-0.4, -0.2) is 18.0 Å². The maximum atomic E-state index is 12.5. The zero-order chi connectivity index (χ0) is 16.8. The molecule has 0 aliphatic rings. The lowest BCUT2D eigenvalue weighted by Gasteiger charge is -2.10. The fraction of sp³-hybridized carbons (Fsp3) is 0.133. The van der Waals surface area contributed by atoms with E-state index in [0.717, 1.165) is 11.3 Å². The summed E-state index contributed by atoms with van der Waals surface area (Å²) in [5.74, 6) is 0.848. The molecule has 0 unspecified atom stereocenters. The molecule has 0 spiro atoms. The fourth-order valence-electron chi connectivity index (χ4n) is 2.29. The van der Waals surface area contributed by atoms with E-state index in [9.17, 15) is 8.42 Å². The molecule has 0 bridgehead atoms. The van der Waals surface area contributed by atoms with Gasteiger partial charge in [0.25, 0.3) is 10.0 Å². The Morgan fingerprint density at radius 1 is 1.13 bits per heavy atom. The Morgan fingerprint density at radius 2 is 1.87 bits per heavy atom. The summed E-state index contributed by atoms with van der Waals surface area (Å²) in [5, 5.41) is 0.444. The molecular formula is C15H13Cl2N3O2S. The number of sulfonamides is 1. The van der Waals surface area contributed by atoms with Crippen molar-refractivity contribution in [2.24, 2.45) is 7.05 Å². The highest BCUT2D eigenvalue weighted by Crippen LogP contribution is 2.27. The number of aryl methyl sites for hydroxylation is 2. The van der Waals surface area contributed by atoms with Gasteiger partial charge in [-0.2, -0.15) is 0 Å². The second-order valence-corrected chi connectivity index (χ2v) is 7.60. The molecule has 1 aromatic heterocycles. The summed E-state index contributed by atoms with van der Waals surface area (Å²) >= 11 is 11.8. The molecule has 0 radical (unpaired) electrons. The Bertz CT molecular complexity index is 1010. The maximum absolute atomic E-state index is 12.5. The van der Waals surface area contributed by atoms with Crippen LogP contribution in [-0.2, 0) is 17.1 Å². The van der Waals surface area contributed by atoms with E-state index in [1.807, 2.05) is 24.6 Å². The molecule has 120 valence electrons. The van der Waals surface area contributed by atoms with E-state index in [4.69, 9.17) is 23.2 Å². The first-order valence-corrected chi connectivity index (χ1v) is 8.93. The van der Waals surface area contributed by atoms with E-state index in [2.05, 4.69) is 9.71 Å². The van der Waals surface area contributed by atoms with Crippen LogP contribution in [0.25, 0.3) is 11.0 Å². The van der Waals surface area contributed by atoms with Crippen LogP contribution in [0.1, 0.15) is 5.82 Å². The number of nitrogens with one attached hydrogen (secondary N) is 1. The van der Waals surface area contributed by atoms with Crippen molar-refractivity contribution < 1.29 is 8.42 Å². The van der Waals surface area contributed by atoms with Crippen molar-refractivity contribution in [1.29, 1.82) is 0 Å². The lowest BCUT2D eigenvalue weighted by atomic mass is 10.3. The van der Waals surface area contributed by atoms with Crippen molar-refractivity contribution in [2.45, 2.75) is 11.8 Å². The first kappa shape index (κ1) is 16.1. The van der Waals surface area contributed by atoms with Crippen LogP contribution in [0.15, 0.2) is 41.3 Å². The molecule has 8 heteroatoms. The van der Waals surface area contributed by atoms with Gasteiger partial charge in [-0.25, -0.2) is 13.4 Å². The SMILES string of the molecule is Cc1nc2cc(NS(=O)(=O)c3ccc(Cl)cc3Cl)ccc2n1C. The number of benzene rings is 2. The van der Waals surface area contributed by atoms with Gasteiger partial charge in [0.05, 0.1) is 21.7 Å². The van der Waals surface area contributed by atoms with Gasteiger partial charge < -0.3 is 4.57 Å². The second-order valence-electron chi connectivity index (χ2n) is 5.10. The van der Waals surface area contributed by atoms with Crippen molar-refractivity contribution >= 4 is 49.9 Å². The number of hydrogen-bond acceptors (Lipinski definition) is 3. The summed E-state index contributed by atoms with van der Waals surface area (Å²) in [6, 6.07) is 9.43. The van der Waals surface area contributed by atoms with Crippen LogP contribution in [0, 0.1) is 6.92 Å². The molecule has 0 amide bonds. The standard InChI is InChI=1S/C15H13Cl2N3O2S/c1-9-18-13-8-11(4-5-14(13)20(9)2)19-23(21,22)15-6-3-10(16)7-12(15)17/h3-8,19H,1-2H3. The van der Waals surface area contributed by atoms with Crippen LogP contribution < -0.4 is 4.72 Å². The third kappa shape index (κ3) is 3.02. The number of halogens is 2. The third-order valence-corrected chi connectivity index (χ3v) is 5.64. The van der Waals surface area contributed by atoms with E-state index < -0.39 is 10.0 Å². The predicted molar refractivity (Wildman–Crippen MR) is 92.7 cm³/mol. The van der Waals surface area contributed by atoms with Gasteiger partial charge in [0.2, 0.25) is 0 Å². The van der Waals surface area contributed by atoms with Crippen LogP contribution in [0.3, 0.4) is 0 Å². The Labute approximate surface area is 143 Å². The number of rotatable bonds is 3. The highest BCUT2D eigenvalue weighted by atomic mass is 35.5. The van der Waals surface area contributed by atoms with Gasteiger partial charge in [0.15, 0.2) is 0 Å². The normalized spacial score (nSPS) is 11.8. The zero-order valence-electron chi connectivity index (χ0n) is 12.3. The van der Waals surface area contributed by atoms with Crippen molar-refractivity contribution in [3.63, 3.8) is 0 Å². The number of nitrogens with zero attached hydrogens (tertiary/aromatic N) is 2. The van der Waals surface area contributed by atoms with Gasteiger partial charge in [-0.3, -0.25) is 4.72 Å². The van der Waals surface area contributed by atoms with E-state index in [0.29, 0.717) is 16.2 Å². The summed E-state index contributed by atoms with van der Waals surface area (Å²) in [6.07, 6.45) is 0. The topological polar surface area (TPSA) is 64.0 Å². The molecule has 3 aromatic rings. The van der Waals surface area contributed by atoms with Gasteiger partial charge in [0.1, 0.15) is 10.7 Å². The molecule has 5 nitrogen and oxygen atoms in total. The quantitative estimate of drug-likeness (QED) is 0.758. The third-order valence-electron chi connectivity index (χ3n) is 3.54. The fourth-order valence-corrected chi connectivity index (χ4v) is 4.11. The van der Waals surface area contributed by atoms with Gasteiger partial charge in [0, 0.05) is 12.1 Å². The van der Waals surface area contributed by atoms with Crippen molar-refractivity contribution in [3.05, 3.63) is 52.3 Å².